The highest BCUT2D eigenvalue weighted by molar-refractivity contribution is 7.99. The predicted molar refractivity (Wildman–Crippen MR) is 67.4 cm³/mol. The van der Waals surface area contributed by atoms with Crippen molar-refractivity contribution in [2.24, 2.45) is 0 Å². The van der Waals surface area contributed by atoms with Crippen molar-refractivity contribution < 1.29 is 0 Å². The van der Waals surface area contributed by atoms with Gasteiger partial charge in [0.05, 0.1) is 0 Å². The van der Waals surface area contributed by atoms with Gasteiger partial charge in [-0.25, -0.2) is 0 Å². The normalized spacial score (nSPS) is 21.5. The Labute approximate surface area is 96.7 Å². The molecule has 1 saturated heterocycles. The van der Waals surface area contributed by atoms with E-state index in [1.165, 1.54) is 42.9 Å². The molecule has 0 spiro atoms. The summed E-state index contributed by atoms with van der Waals surface area (Å²) in [6.07, 6.45) is 5.45. The zero-order chi connectivity index (χ0) is 10.3. The van der Waals surface area contributed by atoms with Crippen LogP contribution in [0.1, 0.15) is 25.7 Å². The highest BCUT2D eigenvalue weighted by Gasteiger charge is 2.11. The van der Waals surface area contributed by atoms with Gasteiger partial charge in [-0.05, 0) is 43.7 Å². The molecule has 82 valence electrons. The first-order valence-electron chi connectivity index (χ1n) is 5.86. The van der Waals surface area contributed by atoms with Crippen LogP contribution in [-0.4, -0.2) is 18.3 Å². The maximum atomic E-state index is 3.59. The molecule has 2 rings (SSSR count). The molecule has 0 aliphatic carbocycles. The van der Waals surface area contributed by atoms with Gasteiger partial charge in [-0.2, -0.15) is 0 Å². The molecule has 0 aromatic heterocycles. The minimum absolute atomic E-state index is 0.773. The average Bonchev–Trinajstić information content (AvgIpc) is 2.32. The van der Waals surface area contributed by atoms with Crippen LogP contribution < -0.4 is 5.32 Å². The van der Waals surface area contributed by atoms with Crippen LogP contribution in [0.3, 0.4) is 0 Å². The SMILES string of the molecule is c1ccc(SCC[C@H]2CCCCN2)cc1. The molecule has 0 saturated carbocycles. The fourth-order valence-corrected chi connectivity index (χ4v) is 2.99. The van der Waals surface area contributed by atoms with Crippen LogP contribution in [0.2, 0.25) is 0 Å². The van der Waals surface area contributed by atoms with E-state index in [0.29, 0.717) is 0 Å². The zero-order valence-electron chi connectivity index (χ0n) is 9.11. The van der Waals surface area contributed by atoms with Crippen molar-refractivity contribution in [2.45, 2.75) is 36.6 Å². The van der Waals surface area contributed by atoms with E-state index < -0.39 is 0 Å². The summed E-state index contributed by atoms with van der Waals surface area (Å²) in [5.74, 6) is 1.24. The Balaban J connectivity index is 1.66. The summed E-state index contributed by atoms with van der Waals surface area (Å²) >= 11 is 1.97. The van der Waals surface area contributed by atoms with E-state index in [1.807, 2.05) is 11.8 Å². The maximum absolute atomic E-state index is 3.59. The summed E-state index contributed by atoms with van der Waals surface area (Å²) in [5.41, 5.74) is 0. The molecule has 0 bridgehead atoms. The Kier molecular flexibility index (Phi) is 4.55. The summed E-state index contributed by atoms with van der Waals surface area (Å²) in [6, 6.07) is 11.5. The van der Waals surface area contributed by atoms with E-state index in [-0.39, 0.29) is 0 Å². The summed E-state index contributed by atoms with van der Waals surface area (Å²) in [7, 11) is 0. The second kappa shape index (κ2) is 6.19. The highest BCUT2D eigenvalue weighted by atomic mass is 32.2. The standard InChI is InChI=1S/C13H19NS/c1-2-7-13(8-3-1)15-11-9-12-6-4-5-10-14-12/h1-3,7-8,12,14H,4-6,9-11H2/t12-/m1/s1. The fraction of sp³-hybridized carbons (Fsp3) is 0.538. The van der Waals surface area contributed by atoms with E-state index in [9.17, 15) is 0 Å². The lowest BCUT2D eigenvalue weighted by atomic mass is 10.0. The minimum Gasteiger partial charge on any atom is -0.314 e. The summed E-state index contributed by atoms with van der Waals surface area (Å²) in [6.45, 7) is 1.22. The molecule has 15 heavy (non-hydrogen) atoms. The molecule has 1 heterocycles. The Morgan fingerprint density at radius 3 is 2.80 bits per heavy atom. The topological polar surface area (TPSA) is 12.0 Å². The van der Waals surface area contributed by atoms with Crippen molar-refractivity contribution in [2.75, 3.05) is 12.3 Å². The van der Waals surface area contributed by atoms with Crippen LogP contribution in [0, 0.1) is 0 Å². The van der Waals surface area contributed by atoms with Crippen LogP contribution >= 0.6 is 11.8 Å². The molecule has 1 aliphatic rings. The van der Waals surface area contributed by atoms with E-state index in [4.69, 9.17) is 0 Å². The van der Waals surface area contributed by atoms with Gasteiger partial charge in [0, 0.05) is 10.9 Å². The van der Waals surface area contributed by atoms with Crippen LogP contribution in [0.4, 0.5) is 0 Å². The molecule has 1 fully saturated rings. The molecule has 1 atom stereocenters. The van der Waals surface area contributed by atoms with Crippen LogP contribution in [0.15, 0.2) is 35.2 Å². The van der Waals surface area contributed by atoms with E-state index in [0.717, 1.165) is 6.04 Å². The van der Waals surface area contributed by atoms with Gasteiger partial charge in [0.15, 0.2) is 0 Å². The molecule has 1 aliphatic heterocycles. The third-order valence-electron chi connectivity index (χ3n) is 2.89. The Morgan fingerprint density at radius 1 is 1.20 bits per heavy atom. The summed E-state index contributed by atoms with van der Waals surface area (Å²) in [5, 5.41) is 3.59. The van der Waals surface area contributed by atoms with Gasteiger partial charge in [-0.3, -0.25) is 0 Å². The molecule has 1 aromatic carbocycles. The van der Waals surface area contributed by atoms with Crippen molar-refractivity contribution >= 4 is 11.8 Å². The monoisotopic (exact) mass is 221 g/mol. The molecular weight excluding hydrogens is 202 g/mol. The summed E-state index contributed by atoms with van der Waals surface area (Å²) < 4.78 is 0. The van der Waals surface area contributed by atoms with E-state index in [2.05, 4.69) is 35.6 Å². The van der Waals surface area contributed by atoms with Crippen LogP contribution in [0.25, 0.3) is 0 Å². The molecule has 1 N–H and O–H groups in total. The summed E-state index contributed by atoms with van der Waals surface area (Å²) in [4.78, 5) is 1.40. The minimum atomic E-state index is 0.773. The number of piperidine rings is 1. The second-order valence-corrected chi connectivity index (χ2v) is 5.27. The number of rotatable bonds is 4. The third kappa shape index (κ3) is 3.88. The van der Waals surface area contributed by atoms with E-state index >= 15 is 0 Å². The largest absolute Gasteiger partial charge is 0.314 e. The quantitative estimate of drug-likeness (QED) is 0.783. The van der Waals surface area contributed by atoms with Gasteiger partial charge in [-0.15, -0.1) is 11.8 Å². The Bertz CT molecular complexity index is 267. The van der Waals surface area contributed by atoms with Crippen molar-refractivity contribution in [3.8, 4) is 0 Å². The Morgan fingerprint density at radius 2 is 2.07 bits per heavy atom. The maximum Gasteiger partial charge on any atom is 0.00750 e. The highest BCUT2D eigenvalue weighted by Crippen LogP contribution is 2.20. The molecule has 1 nitrogen and oxygen atoms in total. The average molecular weight is 221 g/mol. The lowest BCUT2D eigenvalue weighted by Gasteiger charge is -2.23. The number of nitrogens with one attached hydrogen (secondary N) is 1. The van der Waals surface area contributed by atoms with Crippen LogP contribution in [0.5, 0.6) is 0 Å². The predicted octanol–water partition coefficient (Wildman–Crippen LogP) is 3.31. The van der Waals surface area contributed by atoms with Gasteiger partial charge in [-0.1, -0.05) is 24.6 Å². The number of benzene rings is 1. The molecule has 1 aromatic rings. The van der Waals surface area contributed by atoms with Crippen molar-refractivity contribution in [1.29, 1.82) is 0 Å². The number of hydrogen-bond acceptors (Lipinski definition) is 2. The lowest BCUT2D eigenvalue weighted by Crippen LogP contribution is -2.34. The van der Waals surface area contributed by atoms with E-state index in [1.54, 1.807) is 0 Å². The smallest absolute Gasteiger partial charge is 0.00750 e. The van der Waals surface area contributed by atoms with Crippen LogP contribution in [-0.2, 0) is 0 Å². The first-order valence-corrected chi connectivity index (χ1v) is 6.85. The molecule has 2 heteroatoms. The molecular formula is C13H19NS. The molecule has 0 radical (unpaired) electrons. The van der Waals surface area contributed by atoms with Gasteiger partial charge in [0.1, 0.15) is 0 Å². The van der Waals surface area contributed by atoms with Gasteiger partial charge >= 0.3 is 0 Å². The molecule has 0 amide bonds. The Hall–Kier alpha value is -0.470. The first kappa shape index (κ1) is 11.0. The zero-order valence-corrected chi connectivity index (χ0v) is 9.93. The second-order valence-electron chi connectivity index (χ2n) is 4.10. The van der Waals surface area contributed by atoms with Crippen molar-refractivity contribution in [3.63, 3.8) is 0 Å². The van der Waals surface area contributed by atoms with Gasteiger partial charge in [0.25, 0.3) is 0 Å². The third-order valence-corrected chi connectivity index (χ3v) is 3.94. The number of thioether (sulfide) groups is 1. The first-order chi connectivity index (χ1) is 7.45. The fourth-order valence-electron chi connectivity index (χ4n) is 2.01. The van der Waals surface area contributed by atoms with Crippen molar-refractivity contribution in [3.05, 3.63) is 30.3 Å². The van der Waals surface area contributed by atoms with Gasteiger partial charge in [0.2, 0.25) is 0 Å². The van der Waals surface area contributed by atoms with Crippen molar-refractivity contribution in [1.82, 2.24) is 5.32 Å². The lowest BCUT2D eigenvalue weighted by molar-refractivity contribution is 0.395. The number of hydrogen-bond donors (Lipinski definition) is 1. The molecule has 0 unspecified atom stereocenters. The van der Waals surface area contributed by atoms with Gasteiger partial charge < -0.3 is 5.32 Å².